The Hall–Kier alpha value is -3.95. The Morgan fingerprint density at radius 2 is 1.80 bits per heavy atom. The second-order valence-corrected chi connectivity index (χ2v) is 11.2. The van der Waals surface area contributed by atoms with Crippen LogP contribution in [0.4, 0.5) is 0 Å². The van der Waals surface area contributed by atoms with Crippen molar-refractivity contribution in [2.24, 2.45) is 4.99 Å². The third-order valence-electron chi connectivity index (χ3n) is 6.51. The van der Waals surface area contributed by atoms with Gasteiger partial charge in [-0.1, -0.05) is 75.8 Å². The molecule has 2 heterocycles. The Balaban J connectivity index is 1.60. The molecule has 41 heavy (non-hydrogen) atoms. The predicted octanol–water partition coefficient (Wildman–Crippen LogP) is 5.65. The van der Waals surface area contributed by atoms with Gasteiger partial charge in [0.05, 0.1) is 23.3 Å². The van der Waals surface area contributed by atoms with Crippen LogP contribution in [0.15, 0.2) is 92.6 Å². The van der Waals surface area contributed by atoms with Crippen molar-refractivity contribution in [2.75, 3.05) is 13.2 Å². The van der Waals surface area contributed by atoms with Gasteiger partial charge in [0, 0.05) is 10.2 Å². The summed E-state index contributed by atoms with van der Waals surface area (Å²) < 4.78 is 20.4. The van der Waals surface area contributed by atoms with Crippen molar-refractivity contribution >= 4 is 45.0 Å². The first kappa shape index (κ1) is 28.6. The van der Waals surface area contributed by atoms with Gasteiger partial charge in [0.15, 0.2) is 16.3 Å². The van der Waals surface area contributed by atoms with Crippen molar-refractivity contribution in [1.29, 1.82) is 0 Å². The van der Waals surface area contributed by atoms with Crippen LogP contribution in [0.5, 0.6) is 11.5 Å². The van der Waals surface area contributed by atoms with Crippen LogP contribution >= 0.6 is 27.3 Å². The van der Waals surface area contributed by atoms with Crippen LogP contribution in [0.25, 0.3) is 11.8 Å². The van der Waals surface area contributed by atoms with E-state index >= 15 is 0 Å². The molecular formula is C32H29BrN2O5S. The van der Waals surface area contributed by atoms with Crippen LogP contribution in [0.3, 0.4) is 0 Å². The molecule has 0 saturated carbocycles. The van der Waals surface area contributed by atoms with E-state index in [0.29, 0.717) is 45.3 Å². The number of hydrogen-bond acceptors (Lipinski definition) is 7. The molecule has 9 heteroatoms. The number of nitrogens with zero attached hydrogens (tertiary/aromatic N) is 2. The van der Waals surface area contributed by atoms with Crippen LogP contribution in [0.1, 0.15) is 43.5 Å². The number of thiazole rings is 1. The summed E-state index contributed by atoms with van der Waals surface area (Å²) in [4.78, 5) is 32.2. The van der Waals surface area contributed by atoms with Crippen molar-refractivity contribution in [3.05, 3.63) is 119 Å². The van der Waals surface area contributed by atoms with E-state index in [-0.39, 0.29) is 12.2 Å². The highest BCUT2D eigenvalue weighted by Crippen LogP contribution is 2.37. The molecule has 7 nitrogen and oxygen atoms in total. The molecule has 0 N–H and O–H groups in total. The number of benzene rings is 3. The number of allylic oxidation sites excluding steroid dienone is 1. The highest BCUT2D eigenvalue weighted by atomic mass is 79.9. The summed E-state index contributed by atoms with van der Waals surface area (Å²) in [6.45, 7) is 6.44. The van der Waals surface area contributed by atoms with Crippen molar-refractivity contribution in [2.45, 2.75) is 33.4 Å². The molecular weight excluding hydrogens is 604 g/mol. The zero-order valence-corrected chi connectivity index (χ0v) is 25.3. The van der Waals surface area contributed by atoms with Gasteiger partial charge >= 0.3 is 5.97 Å². The number of carbonyl (C=O) groups excluding carboxylic acids is 1. The monoisotopic (exact) mass is 632 g/mol. The number of hydrogen-bond donors (Lipinski definition) is 0. The Morgan fingerprint density at radius 1 is 1.00 bits per heavy atom. The molecule has 4 aromatic rings. The quantitative estimate of drug-likeness (QED) is 0.223. The summed E-state index contributed by atoms with van der Waals surface area (Å²) in [6.07, 6.45) is 1.83. The number of rotatable bonds is 9. The molecule has 0 bridgehead atoms. The normalized spacial score (nSPS) is 14.8. The molecule has 3 aromatic carbocycles. The number of halogens is 1. The molecule has 1 aliphatic rings. The minimum absolute atomic E-state index is 0.200. The fourth-order valence-corrected chi connectivity index (χ4v) is 6.08. The van der Waals surface area contributed by atoms with Crippen LogP contribution < -0.4 is 24.4 Å². The first-order valence-electron chi connectivity index (χ1n) is 13.3. The van der Waals surface area contributed by atoms with Crippen LogP contribution in [-0.2, 0) is 16.1 Å². The summed E-state index contributed by atoms with van der Waals surface area (Å²) in [5.74, 6) is 0.629. The molecule has 1 aliphatic heterocycles. The first-order valence-corrected chi connectivity index (χ1v) is 14.9. The maximum Gasteiger partial charge on any atom is 0.338 e. The third-order valence-corrected chi connectivity index (χ3v) is 7.98. The lowest BCUT2D eigenvalue weighted by Gasteiger charge is -2.23. The Labute approximate surface area is 250 Å². The number of ether oxygens (including phenoxy) is 3. The molecule has 0 radical (unpaired) electrons. The summed E-state index contributed by atoms with van der Waals surface area (Å²) >= 11 is 4.77. The molecule has 1 atom stereocenters. The van der Waals surface area contributed by atoms with Crippen molar-refractivity contribution < 1.29 is 19.0 Å². The molecule has 0 fully saturated rings. The van der Waals surface area contributed by atoms with Crippen LogP contribution in [0, 0.1) is 0 Å². The standard InChI is InChI=1S/C32H29BrN2O5S/c1-4-38-26-18-23(14-15-25(26)40-19-21-10-7-6-8-11-21)29-28(31(37)39-5-2)20(3)35-30(36)27(41-32(35)34-29)17-22-12-9-13-24(33)16-22/h6-18,29H,4-5,19H2,1-3H3/b27-17-/t29-/m0/s1. The Kier molecular flexibility index (Phi) is 8.85. The molecule has 1 aromatic heterocycles. The summed E-state index contributed by atoms with van der Waals surface area (Å²) in [5.41, 5.74) is 3.23. The molecule has 0 unspecified atom stereocenters. The maximum absolute atomic E-state index is 13.5. The molecule has 5 rings (SSSR count). The lowest BCUT2D eigenvalue weighted by molar-refractivity contribution is -0.138. The smallest absolute Gasteiger partial charge is 0.338 e. The third kappa shape index (κ3) is 6.21. The van der Waals surface area contributed by atoms with Crippen molar-refractivity contribution in [1.82, 2.24) is 4.57 Å². The van der Waals surface area contributed by atoms with Gasteiger partial charge in [0.2, 0.25) is 0 Å². The van der Waals surface area contributed by atoms with Gasteiger partial charge in [-0.05, 0) is 67.8 Å². The summed E-state index contributed by atoms with van der Waals surface area (Å²) in [6, 6.07) is 22.5. The van der Waals surface area contributed by atoms with E-state index in [1.807, 2.05) is 85.8 Å². The van der Waals surface area contributed by atoms with Gasteiger partial charge in [-0.15, -0.1) is 0 Å². The predicted molar refractivity (Wildman–Crippen MR) is 164 cm³/mol. The molecule has 0 saturated heterocycles. The minimum atomic E-state index is -0.687. The highest BCUT2D eigenvalue weighted by molar-refractivity contribution is 9.10. The number of fused-ring (bicyclic) bond motifs is 1. The fourth-order valence-electron chi connectivity index (χ4n) is 4.62. The van der Waals surface area contributed by atoms with E-state index in [9.17, 15) is 9.59 Å². The zero-order chi connectivity index (χ0) is 28.9. The van der Waals surface area contributed by atoms with E-state index in [1.54, 1.807) is 13.8 Å². The second kappa shape index (κ2) is 12.7. The topological polar surface area (TPSA) is 79.1 Å². The number of carbonyl (C=O) groups is 1. The molecule has 0 spiro atoms. The van der Waals surface area contributed by atoms with E-state index in [4.69, 9.17) is 19.2 Å². The van der Waals surface area contributed by atoms with Crippen molar-refractivity contribution in [3.63, 3.8) is 0 Å². The minimum Gasteiger partial charge on any atom is -0.490 e. The van der Waals surface area contributed by atoms with Crippen molar-refractivity contribution in [3.8, 4) is 11.5 Å². The fraction of sp³-hybridized carbons (Fsp3) is 0.219. The van der Waals surface area contributed by atoms with Crippen LogP contribution in [0.2, 0.25) is 0 Å². The lowest BCUT2D eigenvalue weighted by Crippen LogP contribution is -2.35. The van der Waals surface area contributed by atoms with Gasteiger partial charge in [0.1, 0.15) is 12.6 Å². The lowest BCUT2D eigenvalue weighted by atomic mass is 9.96. The summed E-state index contributed by atoms with van der Waals surface area (Å²) in [5, 5.41) is 0. The van der Waals surface area contributed by atoms with E-state index in [0.717, 1.165) is 21.2 Å². The van der Waals surface area contributed by atoms with Gasteiger partial charge in [-0.2, -0.15) is 0 Å². The average molecular weight is 634 g/mol. The Bertz CT molecular complexity index is 1790. The molecule has 0 amide bonds. The SMILES string of the molecule is CCOC(=O)C1=C(C)n2c(s/c(=C\c3cccc(Br)c3)c2=O)=N[C@H]1c1ccc(OCc2ccccc2)c(OCC)c1. The van der Waals surface area contributed by atoms with E-state index in [1.165, 1.54) is 15.9 Å². The second-order valence-electron chi connectivity index (χ2n) is 9.25. The van der Waals surface area contributed by atoms with Gasteiger partial charge < -0.3 is 14.2 Å². The van der Waals surface area contributed by atoms with Gasteiger partial charge in [-0.25, -0.2) is 9.79 Å². The largest absolute Gasteiger partial charge is 0.490 e. The number of esters is 1. The van der Waals surface area contributed by atoms with E-state index in [2.05, 4.69) is 15.9 Å². The Morgan fingerprint density at radius 3 is 2.54 bits per heavy atom. The highest BCUT2D eigenvalue weighted by Gasteiger charge is 2.32. The number of aromatic nitrogens is 1. The summed E-state index contributed by atoms with van der Waals surface area (Å²) in [7, 11) is 0. The molecule has 0 aliphatic carbocycles. The zero-order valence-electron chi connectivity index (χ0n) is 22.9. The van der Waals surface area contributed by atoms with Gasteiger partial charge in [-0.3, -0.25) is 9.36 Å². The van der Waals surface area contributed by atoms with E-state index < -0.39 is 12.0 Å². The van der Waals surface area contributed by atoms with Crippen LogP contribution in [-0.4, -0.2) is 23.8 Å². The molecule has 210 valence electrons. The van der Waals surface area contributed by atoms with Gasteiger partial charge in [0.25, 0.3) is 5.56 Å². The first-order chi connectivity index (χ1) is 19.9. The maximum atomic E-state index is 13.5. The average Bonchev–Trinajstić information content (AvgIpc) is 3.27.